The number of fused-ring (bicyclic) bond motifs is 1. The van der Waals surface area contributed by atoms with Crippen molar-refractivity contribution in [3.8, 4) is 11.1 Å². The van der Waals surface area contributed by atoms with Crippen LogP contribution in [-0.2, 0) is 4.79 Å². The molecule has 4 nitrogen and oxygen atoms in total. The van der Waals surface area contributed by atoms with E-state index in [9.17, 15) is 4.79 Å². The number of anilines is 1. The van der Waals surface area contributed by atoms with Crippen molar-refractivity contribution in [3.63, 3.8) is 0 Å². The molecule has 1 N–H and O–H groups in total. The molecule has 0 spiro atoms. The molecule has 0 aliphatic carbocycles. The van der Waals surface area contributed by atoms with Gasteiger partial charge in [0, 0.05) is 11.8 Å². The zero-order valence-electron chi connectivity index (χ0n) is 13.2. The van der Waals surface area contributed by atoms with Crippen LogP contribution < -0.4 is 5.32 Å². The Balaban J connectivity index is 1.78. The molecule has 1 aromatic heterocycles. The number of hydrogen-bond acceptors (Lipinski definition) is 3. The number of aliphatic imine (C=N–C) groups is 1. The van der Waals surface area contributed by atoms with Crippen LogP contribution in [0, 0.1) is 0 Å². The molecule has 25 heavy (non-hydrogen) atoms. The third-order valence-corrected chi connectivity index (χ3v) is 4.23. The highest BCUT2D eigenvalue weighted by atomic mass is 35.5. The second-order valence-corrected chi connectivity index (χ2v) is 6.14. The van der Waals surface area contributed by atoms with E-state index in [0.717, 1.165) is 22.4 Å². The zero-order chi connectivity index (χ0) is 17.2. The van der Waals surface area contributed by atoms with Crippen molar-refractivity contribution < 1.29 is 4.79 Å². The lowest BCUT2D eigenvalue weighted by atomic mass is 10.0. The van der Waals surface area contributed by atoms with E-state index in [1.165, 1.54) is 0 Å². The molecule has 0 unspecified atom stereocenters. The van der Waals surface area contributed by atoms with Crippen LogP contribution in [0.25, 0.3) is 11.1 Å². The van der Waals surface area contributed by atoms with Gasteiger partial charge < -0.3 is 5.32 Å². The second kappa shape index (κ2) is 6.49. The highest BCUT2D eigenvalue weighted by molar-refractivity contribution is 6.30. The van der Waals surface area contributed by atoms with Gasteiger partial charge in [-0.05, 0) is 35.4 Å². The Bertz CT molecular complexity index is 983. The van der Waals surface area contributed by atoms with Gasteiger partial charge in [-0.15, -0.1) is 0 Å². The quantitative estimate of drug-likeness (QED) is 0.673. The van der Waals surface area contributed by atoms with Crippen molar-refractivity contribution >= 4 is 34.6 Å². The molecule has 2 aromatic carbocycles. The number of benzene rings is 2. The standard InChI is InChI=1S/C20H14ClN3O/c21-19-11-15(8-9-22-19)17-12-20(25)24-18-10-14(6-7-16(18)23-17)13-4-2-1-3-5-13/h1-11H,12H2,(H,24,25). The van der Waals surface area contributed by atoms with Crippen LogP contribution in [0.1, 0.15) is 12.0 Å². The van der Waals surface area contributed by atoms with E-state index in [-0.39, 0.29) is 12.3 Å². The van der Waals surface area contributed by atoms with E-state index >= 15 is 0 Å². The number of hydrogen-bond donors (Lipinski definition) is 1. The predicted molar refractivity (Wildman–Crippen MR) is 101 cm³/mol. The Hall–Kier alpha value is -2.98. The molecule has 5 heteroatoms. The Morgan fingerprint density at radius 3 is 2.56 bits per heavy atom. The van der Waals surface area contributed by atoms with Crippen molar-refractivity contribution in [3.05, 3.63) is 77.6 Å². The molecule has 2 heterocycles. The molecule has 0 bridgehead atoms. The first kappa shape index (κ1) is 15.5. The summed E-state index contributed by atoms with van der Waals surface area (Å²) in [6.07, 6.45) is 1.80. The van der Waals surface area contributed by atoms with E-state index in [0.29, 0.717) is 16.6 Å². The Kier molecular flexibility index (Phi) is 4.04. The van der Waals surface area contributed by atoms with Gasteiger partial charge in [0.1, 0.15) is 5.15 Å². The summed E-state index contributed by atoms with van der Waals surface area (Å²) >= 11 is 5.96. The summed E-state index contributed by atoms with van der Waals surface area (Å²) in [6, 6.07) is 19.4. The minimum Gasteiger partial charge on any atom is -0.324 e. The number of carbonyl (C=O) groups is 1. The summed E-state index contributed by atoms with van der Waals surface area (Å²) < 4.78 is 0. The molecule has 1 aliphatic rings. The monoisotopic (exact) mass is 347 g/mol. The van der Waals surface area contributed by atoms with Gasteiger partial charge in [0.15, 0.2) is 0 Å². The molecule has 4 rings (SSSR count). The van der Waals surface area contributed by atoms with Crippen LogP contribution in [0.5, 0.6) is 0 Å². The van der Waals surface area contributed by atoms with Gasteiger partial charge in [0.25, 0.3) is 0 Å². The topological polar surface area (TPSA) is 54.4 Å². The fraction of sp³-hybridized carbons (Fsp3) is 0.0500. The number of pyridine rings is 1. The van der Waals surface area contributed by atoms with Gasteiger partial charge in [-0.1, -0.05) is 48.0 Å². The lowest BCUT2D eigenvalue weighted by Crippen LogP contribution is -2.15. The summed E-state index contributed by atoms with van der Waals surface area (Å²) in [6.45, 7) is 0. The minimum atomic E-state index is -0.101. The third-order valence-electron chi connectivity index (χ3n) is 4.02. The van der Waals surface area contributed by atoms with Crippen LogP contribution in [0.2, 0.25) is 5.15 Å². The zero-order valence-corrected chi connectivity index (χ0v) is 14.0. The summed E-state index contributed by atoms with van der Waals surface area (Å²) in [5.74, 6) is -0.101. The lowest BCUT2D eigenvalue weighted by molar-refractivity contribution is -0.115. The van der Waals surface area contributed by atoms with E-state index in [1.54, 1.807) is 18.3 Å². The van der Waals surface area contributed by atoms with Crippen LogP contribution in [0.4, 0.5) is 11.4 Å². The molecule has 0 radical (unpaired) electrons. The van der Waals surface area contributed by atoms with Gasteiger partial charge in [-0.3, -0.25) is 9.79 Å². The fourth-order valence-electron chi connectivity index (χ4n) is 2.82. The average molecular weight is 348 g/mol. The largest absolute Gasteiger partial charge is 0.324 e. The number of amides is 1. The first-order valence-corrected chi connectivity index (χ1v) is 8.26. The third kappa shape index (κ3) is 3.30. The Morgan fingerprint density at radius 1 is 0.920 bits per heavy atom. The SMILES string of the molecule is O=C1CC(c2ccnc(Cl)c2)=Nc2ccc(-c3ccccc3)cc2N1. The highest BCUT2D eigenvalue weighted by Crippen LogP contribution is 2.33. The van der Waals surface area contributed by atoms with E-state index in [4.69, 9.17) is 11.6 Å². The summed E-state index contributed by atoms with van der Waals surface area (Å²) in [4.78, 5) is 21.0. The molecule has 0 fully saturated rings. The predicted octanol–water partition coefficient (Wildman–Crippen LogP) is 4.87. The Labute approximate surface area is 150 Å². The molecule has 1 aliphatic heterocycles. The summed E-state index contributed by atoms with van der Waals surface area (Å²) in [7, 11) is 0. The van der Waals surface area contributed by atoms with Crippen molar-refractivity contribution in [2.75, 3.05) is 5.32 Å². The number of aromatic nitrogens is 1. The maximum Gasteiger partial charge on any atom is 0.230 e. The number of halogens is 1. The van der Waals surface area contributed by atoms with Gasteiger partial charge in [0.05, 0.1) is 23.5 Å². The molecule has 1 amide bonds. The number of carbonyl (C=O) groups excluding carboxylic acids is 1. The molecule has 0 atom stereocenters. The van der Waals surface area contributed by atoms with Crippen molar-refractivity contribution in [1.82, 2.24) is 4.98 Å². The number of nitrogens with one attached hydrogen (secondary N) is 1. The molecule has 0 saturated heterocycles. The van der Waals surface area contributed by atoms with Gasteiger partial charge in [-0.25, -0.2) is 4.98 Å². The fourth-order valence-corrected chi connectivity index (χ4v) is 3.00. The lowest BCUT2D eigenvalue weighted by Gasteiger charge is -2.08. The van der Waals surface area contributed by atoms with Crippen molar-refractivity contribution in [1.29, 1.82) is 0 Å². The summed E-state index contributed by atoms with van der Waals surface area (Å²) in [5, 5.41) is 3.32. The van der Waals surface area contributed by atoms with Crippen LogP contribution >= 0.6 is 11.6 Å². The first-order valence-electron chi connectivity index (χ1n) is 7.88. The molecular formula is C20H14ClN3O. The molecular weight excluding hydrogens is 334 g/mol. The number of nitrogens with zero attached hydrogens (tertiary/aromatic N) is 2. The molecule has 122 valence electrons. The van der Waals surface area contributed by atoms with E-state index in [1.807, 2.05) is 48.5 Å². The van der Waals surface area contributed by atoms with E-state index in [2.05, 4.69) is 15.3 Å². The van der Waals surface area contributed by atoms with Crippen LogP contribution in [0.3, 0.4) is 0 Å². The Morgan fingerprint density at radius 2 is 1.76 bits per heavy atom. The molecule has 0 saturated carbocycles. The maximum absolute atomic E-state index is 12.3. The van der Waals surface area contributed by atoms with E-state index < -0.39 is 0 Å². The molecule has 3 aromatic rings. The smallest absolute Gasteiger partial charge is 0.230 e. The first-order chi connectivity index (χ1) is 12.2. The van der Waals surface area contributed by atoms with Crippen molar-refractivity contribution in [2.45, 2.75) is 6.42 Å². The van der Waals surface area contributed by atoms with Gasteiger partial charge in [-0.2, -0.15) is 0 Å². The van der Waals surface area contributed by atoms with Crippen molar-refractivity contribution in [2.24, 2.45) is 4.99 Å². The van der Waals surface area contributed by atoms with Gasteiger partial charge >= 0.3 is 0 Å². The highest BCUT2D eigenvalue weighted by Gasteiger charge is 2.18. The second-order valence-electron chi connectivity index (χ2n) is 5.75. The number of rotatable bonds is 2. The van der Waals surface area contributed by atoms with Gasteiger partial charge in [0.2, 0.25) is 5.91 Å². The summed E-state index contributed by atoms with van der Waals surface area (Å²) in [5.41, 5.74) is 5.04. The minimum absolute atomic E-state index is 0.101. The normalized spacial score (nSPS) is 13.5. The van der Waals surface area contributed by atoms with Crippen LogP contribution in [0.15, 0.2) is 71.9 Å². The van der Waals surface area contributed by atoms with Crippen LogP contribution in [-0.4, -0.2) is 16.6 Å². The maximum atomic E-state index is 12.3. The average Bonchev–Trinajstić information content (AvgIpc) is 2.80.